The first-order valence-corrected chi connectivity index (χ1v) is 18.1. The van der Waals surface area contributed by atoms with Crippen molar-refractivity contribution in [1.82, 2.24) is 10.2 Å². The number of benzene rings is 5. The standard InChI is InChI=1S/C41H33N3O5S2/c1-3-22-48-32-18-14-29(15-19-32)36-35(37(45)30-16-20-33(21-17-30)49-24-27-9-6-8-26(2)23-27)38(46)39(47)44(36)40-42-43-41(51-40)50-25-31-12-7-11-28-10-4-5-13-34(28)31/h3-21,23,36,45H,1,22,24-25H2,2H3. The summed E-state index contributed by atoms with van der Waals surface area (Å²) in [5.41, 5.74) is 4.25. The molecule has 1 unspecified atom stereocenters. The van der Waals surface area contributed by atoms with Crippen molar-refractivity contribution in [2.75, 3.05) is 11.5 Å². The highest BCUT2D eigenvalue weighted by molar-refractivity contribution is 8.00. The maximum absolute atomic E-state index is 13.8. The van der Waals surface area contributed by atoms with Crippen molar-refractivity contribution >= 4 is 56.5 Å². The van der Waals surface area contributed by atoms with E-state index >= 15 is 0 Å². The van der Waals surface area contributed by atoms with Gasteiger partial charge in [-0.3, -0.25) is 14.5 Å². The lowest BCUT2D eigenvalue weighted by Gasteiger charge is -2.22. The Morgan fingerprint density at radius 2 is 1.63 bits per heavy atom. The number of ether oxygens (including phenoxy) is 2. The maximum atomic E-state index is 13.8. The second-order valence-corrected chi connectivity index (χ2v) is 14.1. The van der Waals surface area contributed by atoms with Gasteiger partial charge in [-0.2, -0.15) is 0 Å². The molecule has 1 fully saturated rings. The van der Waals surface area contributed by atoms with Gasteiger partial charge < -0.3 is 14.6 Å². The summed E-state index contributed by atoms with van der Waals surface area (Å²) in [6, 6.07) is 35.4. The Bertz CT molecular complexity index is 2260. The average Bonchev–Trinajstić information content (AvgIpc) is 3.73. The molecule has 0 bridgehead atoms. The molecule has 0 saturated carbocycles. The van der Waals surface area contributed by atoms with Crippen LogP contribution in [-0.2, 0) is 21.9 Å². The zero-order valence-corrected chi connectivity index (χ0v) is 29.3. The van der Waals surface area contributed by atoms with Gasteiger partial charge in [0.2, 0.25) is 5.13 Å². The van der Waals surface area contributed by atoms with Crippen molar-refractivity contribution in [2.45, 2.75) is 29.7 Å². The second-order valence-electron chi connectivity index (χ2n) is 11.9. The molecule has 6 aromatic rings. The average molecular weight is 712 g/mol. The lowest BCUT2D eigenvalue weighted by atomic mass is 9.95. The highest BCUT2D eigenvalue weighted by Crippen LogP contribution is 2.44. The fourth-order valence-corrected chi connectivity index (χ4v) is 7.87. The molecule has 0 radical (unpaired) electrons. The number of aryl methyl sites for hydroxylation is 1. The zero-order chi connectivity index (χ0) is 35.3. The highest BCUT2D eigenvalue weighted by Gasteiger charge is 2.48. The largest absolute Gasteiger partial charge is 0.507 e. The van der Waals surface area contributed by atoms with Crippen molar-refractivity contribution < 1.29 is 24.2 Å². The number of aromatic nitrogens is 2. The molecule has 1 N–H and O–H groups in total. The smallest absolute Gasteiger partial charge is 0.301 e. The third-order valence-electron chi connectivity index (χ3n) is 8.46. The second kappa shape index (κ2) is 15.0. The zero-order valence-electron chi connectivity index (χ0n) is 27.7. The molecule has 51 heavy (non-hydrogen) atoms. The third kappa shape index (κ3) is 7.28. The molecule has 5 aromatic carbocycles. The lowest BCUT2D eigenvalue weighted by molar-refractivity contribution is -0.132. The van der Waals surface area contributed by atoms with Gasteiger partial charge >= 0.3 is 5.91 Å². The van der Waals surface area contributed by atoms with Gasteiger partial charge in [0, 0.05) is 11.3 Å². The van der Waals surface area contributed by atoms with E-state index in [1.807, 2.05) is 43.3 Å². The number of aliphatic hydroxyl groups excluding tert-OH is 1. The van der Waals surface area contributed by atoms with E-state index in [1.54, 1.807) is 54.6 Å². The maximum Gasteiger partial charge on any atom is 0.301 e. The summed E-state index contributed by atoms with van der Waals surface area (Å²) >= 11 is 2.74. The van der Waals surface area contributed by atoms with Crippen LogP contribution in [0.25, 0.3) is 16.5 Å². The van der Waals surface area contributed by atoms with E-state index in [0.29, 0.717) is 45.9 Å². The van der Waals surface area contributed by atoms with Gasteiger partial charge in [-0.15, -0.1) is 10.2 Å². The van der Waals surface area contributed by atoms with Crippen LogP contribution < -0.4 is 14.4 Å². The minimum Gasteiger partial charge on any atom is -0.507 e. The highest BCUT2D eigenvalue weighted by atomic mass is 32.2. The molecule has 0 aliphatic carbocycles. The summed E-state index contributed by atoms with van der Waals surface area (Å²) in [6.45, 7) is 6.43. The number of nitrogens with zero attached hydrogens (tertiary/aromatic N) is 3. The van der Waals surface area contributed by atoms with E-state index in [-0.39, 0.29) is 16.5 Å². The van der Waals surface area contributed by atoms with Crippen LogP contribution in [-0.4, -0.2) is 33.6 Å². The monoisotopic (exact) mass is 711 g/mol. The molecule has 1 saturated heterocycles. The number of Topliss-reactive ketones (excluding diaryl/α,β-unsaturated/α-hetero) is 1. The number of ketones is 1. The molecular weight excluding hydrogens is 679 g/mol. The van der Waals surface area contributed by atoms with Gasteiger partial charge in [0.25, 0.3) is 5.78 Å². The molecule has 1 aromatic heterocycles. The van der Waals surface area contributed by atoms with Crippen molar-refractivity contribution in [2.24, 2.45) is 0 Å². The number of aliphatic hydroxyl groups is 1. The summed E-state index contributed by atoms with van der Waals surface area (Å²) in [5, 5.41) is 23.0. The van der Waals surface area contributed by atoms with Crippen LogP contribution in [0.5, 0.6) is 11.5 Å². The molecule has 1 atom stereocenters. The first-order chi connectivity index (χ1) is 24.9. The first kappa shape index (κ1) is 33.8. The van der Waals surface area contributed by atoms with Gasteiger partial charge in [-0.1, -0.05) is 120 Å². The molecule has 8 nitrogen and oxygen atoms in total. The predicted molar refractivity (Wildman–Crippen MR) is 202 cm³/mol. The summed E-state index contributed by atoms with van der Waals surface area (Å²) in [6.07, 6.45) is 1.65. The number of anilines is 1. The first-order valence-electron chi connectivity index (χ1n) is 16.3. The molecule has 1 amide bonds. The van der Waals surface area contributed by atoms with Gasteiger partial charge in [0.15, 0.2) is 4.34 Å². The van der Waals surface area contributed by atoms with Crippen molar-refractivity contribution in [3.05, 3.63) is 161 Å². The molecule has 0 spiro atoms. The van der Waals surface area contributed by atoms with E-state index in [1.165, 1.54) is 28.0 Å². The van der Waals surface area contributed by atoms with Crippen molar-refractivity contribution in [1.29, 1.82) is 0 Å². The Balaban J connectivity index is 1.19. The summed E-state index contributed by atoms with van der Waals surface area (Å²) in [5.74, 6) is -0.0665. The molecule has 1 aliphatic rings. The van der Waals surface area contributed by atoms with Crippen molar-refractivity contribution in [3.63, 3.8) is 0 Å². The lowest BCUT2D eigenvalue weighted by Crippen LogP contribution is -2.29. The molecule has 254 valence electrons. The minimum absolute atomic E-state index is 0.0478. The molecule has 2 heterocycles. The Morgan fingerprint density at radius 3 is 2.41 bits per heavy atom. The number of hydrogen-bond acceptors (Lipinski definition) is 9. The van der Waals surface area contributed by atoms with Crippen LogP contribution in [0.4, 0.5) is 5.13 Å². The minimum atomic E-state index is -0.959. The Morgan fingerprint density at radius 1 is 0.902 bits per heavy atom. The number of carbonyl (C=O) groups is 2. The number of carbonyl (C=O) groups excluding carboxylic acids is 2. The van der Waals surface area contributed by atoms with Gasteiger partial charge in [-0.05, 0) is 70.8 Å². The summed E-state index contributed by atoms with van der Waals surface area (Å²) < 4.78 is 12.3. The molecule has 10 heteroatoms. The van der Waals surface area contributed by atoms with Crippen LogP contribution >= 0.6 is 23.1 Å². The van der Waals surface area contributed by atoms with Crippen LogP contribution in [0.15, 0.2) is 138 Å². The van der Waals surface area contributed by atoms with Gasteiger partial charge in [0.1, 0.15) is 30.5 Å². The molecule has 1 aliphatic heterocycles. The van der Waals surface area contributed by atoms with Gasteiger partial charge in [0.05, 0.1) is 11.6 Å². The van der Waals surface area contributed by atoms with Crippen LogP contribution in [0.3, 0.4) is 0 Å². The number of hydrogen-bond donors (Lipinski definition) is 1. The summed E-state index contributed by atoms with van der Waals surface area (Å²) in [4.78, 5) is 28.9. The van der Waals surface area contributed by atoms with E-state index in [0.717, 1.165) is 27.5 Å². The number of thioether (sulfide) groups is 1. The summed E-state index contributed by atoms with van der Waals surface area (Å²) in [7, 11) is 0. The fourth-order valence-electron chi connectivity index (χ4n) is 6.00. The normalized spacial score (nSPS) is 15.3. The molecular formula is C41H33N3O5S2. The SMILES string of the molecule is C=CCOc1ccc(C2C(=C(O)c3ccc(OCc4cccc(C)c4)cc3)C(=O)C(=O)N2c2nnc(SCc3cccc4ccccc34)s2)cc1. The molecule has 7 rings (SSSR count). The quantitative estimate of drug-likeness (QED) is 0.0335. The predicted octanol–water partition coefficient (Wildman–Crippen LogP) is 9.06. The van der Waals surface area contributed by atoms with E-state index in [9.17, 15) is 14.7 Å². The Labute approximate surface area is 303 Å². The van der Waals surface area contributed by atoms with E-state index in [4.69, 9.17) is 9.47 Å². The Kier molecular flexibility index (Phi) is 9.96. The van der Waals surface area contributed by atoms with Crippen LogP contribution in [0.2, 0.25) is 0 Å². The van der Waals surface area contributed by atoms with Crippen LogP contribution in [0.1, 0.15) is 33.9 Å². The third-order valence-corrected chi connectivity index (χ3v) is 10.6. The number of rotatable bonds is 12. The van der Waals surface area contributed by atoms with E-state index in [2.05, 4.69) is 47.1 Å². The number of amides is 1. The number of fused-ring (bicyclic) bond motifs is 1. The van der Waals surface area contributed by atoms with Crippen molar-refractivity contribution in [3.8, 4) is 11.5 Å². The fraction of sp³-hybridized carbons (Fsp3) is 0.122. The van der Waals surface area contributed by atoms with E-state index < -0.39 is 17.7 Å². The van der Waals surface area contributed by atoms with Gasteiger partial charge in [-0.25, -0.2) is 0 Å². The topological polar surface area (TPSA) is 102 Å². The van der Waals surface area contributed by atoms with Crippen LogP contribution in [0, 0.1) is 6.92 Å². The Hall–Kier alpha value is -5.71.